The maximum Gasteiger partial charge on any atom is 0.229 e. The van der Waals surface area contributed by atoms with Crippen LogP contribution in [0.5, 0.6) is 0 Å². The molecule has 19 heavy (non-hydrogen) atoms. The Kier molecular flexibility index (Phi) is 3.53. The monoisotopic (exact) mass is 283 g/mol. The van der Waals surface area contributed by atoms with E-state index in [4.69, 9.17) is 0 Å². The molecule has 3 nitrogen and oxygen atoms in total. The van der Waals surface area contributed by atoms with Crippen molar-refractivity contribution in [1.82, 2.24) is 0 Å². The van der Waals surface area contributed by atoms with Crippen molar-refractivity contribution in [3.8, 4) is 11.1 Å². The van der Waals surface area contributed by atoms with Crippen LogP contribution in [-0.2, 0) is 10.0 Å². The third-order valence-corrected chi connectivity index (χ3v) is 3.05. The van der Waals surface area contributed by atoms with E-state index >= 15 is 0 Å². The molecule has 0 spiro atoms. The third-order valence-electron chi connectivity index (χ3n) is 2.44. The Morgan fingerprint density at radius 2 is 1.47 bits per heavy atom. The van der Waals surface area contributed by atoms with Gasteiger partial charge in [-0.15, -0.1) is 0 Å². The predicted octanol–water partition coefficient (Wildman–Crippen LogP) is 3.00. The van der Waals surface area contributed by atoms with E-state index in [0.717, 1.165) is 18.4 Å². The molecule has 0 amide bonds. The second-order valence-corrected chi connectivity index (χ2v) is 5.83. The molecule has 0 fully saturated rings. The smallest absolute Gasteiger partial charge is 0.229 e. The van der Waals surface area contributed by atoms with Gasteiger partial charge in [0.1, 0.15) is 0 Å². The van der Waals surface area contributed by atoms with Crippen LogP contribution in [0.4, 0.5) is 14.5 Å². The molecule has 0 unspecified atom stereocenters. The number of rotatable bonds is 3. The molecule has 1 N–H and O–H groups in total. The third kappa shape index (κ3) is 3.51. The molecule has 2 aromatic rings. The average molecular weight is 283 g/mol. The molecule has 2 rings (SSSR count). The van der Waals surface area contributed by atoms with Gasteiger partial charge in [0.25, 0.3) is 0 Å². The fraction of sp³-hybridized carbons (Fsp3) is 0.0769. The second kappa shape index (κ2) is 4.97. The van der Waals surface area contributed by atoms with Gasteiger partial charge in [-0.3, -0.25) is 4.72 Å². The van der Waals surface area contributed by atoms with Crippen molar-refractivity contribution in [1.29, 1.82) is 0 Å². The number of halogens is 2. The summed E-state index contributed by atoms with van der Waals surface area (Å²) < 4.78 is 50.3. The first-order valence-corrected chi connectivity index (χ1v) is 7.27. The van der Waals surface area contributed by atoms with Crippen LogP contribution in [-0.4, -0.2) is 14.7 Å². The SMILES string of the molecule is CS(=O)(=O)Nc1ccc(-c2ccc(F)c(F)c2)cc1. The maximum absolute atomic E-state index is 13.1. The lowest BCUT2D eigenvalue weighted by Gasteiger charge is -2.06. The van der Waals surface area contributed by atoms with Gasteiger partial charge >= 0.3 is 0 Å². The minimum atomic E-state index is -3.33. The number of benzene rings is 2. The van der Waals surface area contributed by atoms with E-state index in [9.17, 15) is 17.2 Å². The zero-order valence-corrected chi connectivity index (χ0v) is 10.8. The van der Waals surface area contributed by atoms with Crippen molar-refractivity contribution < 1.29 is 17.2 Å². The highest BCUT2D eigenvalue weighted by molar-refractivity contribution is 7.92. The molecular formula is C13H11F2NO2S. The number of hydrogen-bond donors (Lipinski definition) is 1. The van der Waals surface area contributed by atoms with Crippen LogP contribution in [0.15, 0.2) is 42.5 Å². The highest BCUT2D eigenvalue weighted by atomic mass is 32.2. The molecule has 100 valence electrons. The minimum absolute atomic E-state index is 0.411. The Hall–Kier alpha value is -1.95. The quantitative estimate of drug-likeness (QED) is 0.941. The Morgan fingerprint density at radius 3 is 2.00 bits per heavy atom. The number of hydrogen-bond acceptors (Lipinski definition) is 2. The van der Waals surface area contributed by atoms with Gasteiger partial charge in [-0.25, -0.2) is 17.2 Å². The van der Waals surface area contributed by atoms with Gasteiger partial charge in [-0.1, -0.05) is 18.2 Å². The van der Waals surface area contributed by atoms with Crippen molar-refractivity contribution in [3.63, 3.8) is 0 Å². The molecule has 6 heteroatoms. The standard InChI is InChI=1S/C13H11F2NO2S/c1-19(17,18)16-11-5-2-9(3-6-11)10-4-7-12(14)13(15)8-10/h2-8,16H,1H3. The van der Waals surface area contributed by atoms with E-state index in [-0.39, 0.29) is 0 Å². The molecule has 0 aliphatic rings. The van der Waals surface area contributed by atoms with Crippen LogP contribution in [0, 0.1) is 11.6 Å². The van der Waals surface area contributed by atoms with Crippen LogP contribution in [0.2, 0.25) is 0 Å². The summed E-state index contributed by atoms with van der Waals surface area (Å²) in [5, 5.41) is 0. The molecule has 0 aliphatic heterocycles. The van der Waals surface area contributed by atoms with Crippen molar-refractivity contribution in [2.45, 2.75) is 0 Å². The molecule has 2 aromatic carbocycles. The summed E-state index contributed by atoms with van der Waals surface area (Å²) in [5.74, 6) is -1.82. The summed E-state index contributed by atoms with van der Waals surface area (Å²) in [6, 6.07) is 9.95. The Morgan fingerprint density at radius 1 is 0.895 bits per heavy atom. The minimum Gasteiger partial charge on any atom is -0.284 e. The lowest BCUT2D eigenvalue weighted by atomic mass is 10.1. The molecule has 0 heterocycles. The summed E-state index contributed by atoms with van der Waals surface area (Å²) in [7, 11) is -3.33. The van der Waals surface area contributed by atoms with E-state index in [1.165, 1.54) is 6.07 Å². The first kappa shape index (κ1) is 13.5. The number of anilines is 1. The van der Waals surface area contributed by atoms with Gasteiger partial charge in [-0.2, -0.15) is 0 Å². The Balaban J connectivity index is 2.29. The van der Waals surface area contributed by atoms with Crippen LogP contribution >= 0.6 is 0 Å². The molecule has 0 radical (unpaired) electrons. The van der Waals surface area contributed by atoms with Crippen LogP contribution in [0.1, 0.15) is 0 Å². The van der Waals surface area contributed by atoms with Crippen molar-refractivity contribution in [2.24, 2.45) is 0 Å². The molecular weight excluding hydrogens is 272 g/mol. The topological polar surface area (TPSA) is 46.2 Å². The zero-order valence-electron chi connectivity index (χ0n) is 10.0. The summed E-state index contributed by atoms with van der Waals surface area (Å²) in [6.07, 6.45) is 1.05. The fourth-order valence-corrected chi connectivity index (χ4v) is 2.18. The number of sulfonamides is 1. The summed E-state index contributed by atoms with van der Waals surface area (Å²) in [6.45, 7) is 0. The Labute approximate surface area is 109 Å². The molecule has 0 bridgehead atoms. The predicted molar refractivity (Wildman–Crippen MR) is 70.3 cm³/mol. The largest absolute Gasteiger partial charge is 0.284 e. The molecule has 0 saturated carbocycles. The van der Waals surface area contributed by atoms with Crippen molar-refractivity contribution >= 4 is 15.7 Å². The summed E-state index contributed by atoms with van der Waals surface area (Å²) in [4.78, 5) is 0. The lowest BCUT2D eigenvalue weighted by Crippen LogP contribution is -2.09. The lowest BCUT2D eigenvalue weighted by molar-refractivity contribution is 0.509. The van der Waals surface area contributed by atoms with Crippen molar-refractivity contribution in [2.75, 3.05) is 11.0 Å². The van der Waals surface area contributed by atoms with E-state index < -0.39 is 21.7 Å². The van der Waals surface area contributed by atoms with Crippen LogP contribution in [0.3, 0.4) is 0 Å². The second-order valence-electron chi connectivity index (χ2n) is 4.08. The summed E-state index contributed by atoms with van der Waals surface area (Å²) >= 11 is 0. The van der Waals surface area contributed by atoms with Gasteiger partial charge in [0, 0.05) is 5.69 Å². The fourth-order valence-electron chi connectivity index (χ4n) is 1.62. The van der Waals surface area contributed by atoms with Gasteiger partial charge < -0.3 is 0 Å². The molecule has 0 aromatic heterocycles. The van der Waals surface area contributed by atoms with Crippen LogP contribution < -0.4 is 4.72 Å². The first-order chi connectivity index (χ1) is 8.85. The van der Waals surface area contributed by atoms with E-state index in [1.807, 2.05) is 0 Å². The zero-order chi connectivity index (χ0) is 14.0. The van der Waals surface area contributed by atoms with Gasteiger partial charge in [0.2, 0.25) is 10.0 Å². The Bertz CT molecular complexity index is 697. The van der Waals surface area contributed by atoms with E-state index in [2.05, 4.69) is 4.72 Å². The average Bonchev–Trinajstić information content (AvgIpc) is 2.32. The highest BCUT2D eigenvalue weighted by Crippen LogP contribution is 2.23. The molecule has 0 atom stereocenters. The number of nitrogens with one attached hydrogen (secondary N) is 1. The van der Waals surface area contributed by atoms with Crippen LogP contribution in [0.25, 0.3) is 11.1 Å². The molecule has 0 saturated heterocycles. The van der Waals surface area contributed by atoms with E-state index in [1.54, 1.807) is 24.3 Å². The van der Waals surface area contributed by atoms with Gasteiger partial charge in [0.15, 0.2) is 11.6 Å². The van der Waals surface area contributed by atoms with E-state index in [0.29, 0.717) is 16.8 Å². The maximum atomic E-state index is 13.1. The normalized spacial score (nSPS) is 11.3. The molecule has 0 aliphatic carbocycles. The van der Waals surface area contributed by atoms with Gasteiger partial charge in [-0.05, 0) is 35.4 Å². The first-order valence-electron chi connectivity index (χ1n) is 5.38. The van der Waals surface area contributed by atoms with Gasteiger partial charge in [0.05, 0.1) is 6.26 Å². The summed E-state index contributed by atoms with van der Waals surface area (Å²) in [5.41, 5.74) is 1.59. The van der Waals surface area contributed by atoms with Crippen molar-refractivity contribution in [3.05, 3.63) is 54.1 Å². The highest BCUT2D eigenvalue weighted by Gasteiger charge is 2.05.